The van der Waals surface area contributed by atoms with Gasteiger partial charge in [-0.25, -0.2) is 0 Å². The molecule has 0 aromatic carbocycles. The number of rotatable bonds is 5. The van der Waals surface area contributed by atoms with E-state index in [0.29, 0.717) is 0 Å². The second-order valence-electron chi connectivity index (χ2n) is 2.44. The summed E-state index contributed by atoms with van der Waals surface area (Å²) in [4.78, 5) is 10.0. The first-order valence-corrected chi connectivity index (χ1v) is 3.40. The molecule has 0 fully saturated rings. The number of carbonyl (C=O) groups is 1. The molecule has 0 rings (SSSR count). The van der Waals surface area contributed by atoms with Gasteiger partial charge in [0.1, 0.15) is 24.6 Å². The molecule has 0 aromatic rings. The number of carbonyl (C=O) groups excluding carboxylic acids is 1. The van der Waals surface area contributed by atoms with Gasteiger partial charge in [0.15, 0.2) is 0 Å². The van der Waals surface area contributed by atoms with Crippen molar-refractivity contribution in [3.8, 4) is 0 Å². The molecule has 0 saturated carbocycles. The number of aldehydes is 1. The second kappa shape index (κ2) is 5.18. The summed E-state index contributed by atoms with van der Waals surface area (Å²) in [5.74, 6) is 0. The van der Waals surface area contributed by atoms with Crippen LogP contribution < -0.4 is 5.73 Å². The van der Waals surface area contributed by atoms with Crippen LogP contribution in [0.15, 0.2) is 0 Å². The summed E-state index contributed by atoms with van der Waals surface area (Å²) in [6, 6.07) is -1.26. The number of hydrogen-bond donors (Lipinski definition) is 5. The van der Waals surface area contributed by atoms with Crippen molar-refractivity contribution in [2.45, 2.75) is 24.4 Å². The Bertz CT molecular complexity index is 142. The lowest BCUT2D eigenvalue weighted by Crippen LogP contribution is -2.49. The number of hydrogen-bond acceptors (Lipinski definition) is 6. The van der Waals surface area contributed by atoms with Crippen LogP contribution in [0.1, 0.15) is 0 Å². The zero-order valence-corrected chi connectivity index (χ0v) is 6.37. The summed E-state index contributed by atoms with van der Waals surface area (Å²) in [7, 11) is 0. The van der Waals surface area contributed by atoms with Crippen molar-refractivity contribution < 1.29 is 25.2 Å². The highest BCUT2D eigenvalue weighted by Gasteiger charge is 2.28. The Labute approximate surface area is 69.2 Å². The SMILES string of the molecule is N[C@H](C=O)C(O)[C@@H](O)[C@@H](O)CO. The predicted molar refractivity (Wildman–Crippen MR) is 39.1 cm³/mol. The van der Waals surface area contributed by atoms with Crippen LogP contribution in [0.5, 0.6) is 0 Å². The Morgan fingerprint density at radius 1 is 1.25 bits per heavy atom. The molecule has 72 valence electrons. The van der Waals surface area contributed by atoms with E-state index in [1.165, 1.54) is 0 Å². The Morgan fingerprint density at radius 3 is 2.08 bits per heavy atom. The quantitative estimate of drug-likeness (QED) is 0.280. The maximum Gasteiger partial charge on any atom is 0.139 e. The summed E-state index contributed by atoms with van der Waals surface area (Å²) in [5.41, 5.74) is 5.04. The molecular weight excluding hydrogens is 166 g/mol. The first-order chi connectivity index (χ1) is 5.54. The average molecular weight is 179 g/mol. The molecule has 0 radical (unpaired) electrons. The van der Waals surface area contributed by atoms with Crippen molar-refractivity contribution in [3.63, 3.8) is 0 Å². The lowest BCUT2D eigenvalue weighted by molar-refractivity contribution is -0.118. The van der Waals surface area contributed by atoms with Crippen LogP contribution in [0.4, 0.5) is 0 Å². The highest BCUT2D eigenvalue weighted by atomic mass is 16.4. The van der Waals surface area contributed by atoms with E-state index in [-0.39, 0.29) is 6.29 Å². The molecule has 0 aromatic heterocycles. The fourth-order valence-electron chi connectivity index (χ4n) is 0.644. The van der Waals surface area contributed by atoms with Gasteiger partial charge in [0.05, 0.1) is 12.6 Å². The topological polar surface area (TPSA) is 124 Å². The third-order valence-corrected chi connectivity index (χ3v) is 1.48. The van der Waals surface area contributed by atoms with Gasteiger partial charge in [-0.1, -0.05) is 0 Å². The van der Waals surface area contributed by atoms with Crippen molar-refractivity contribution >= 4 is 6.29 Å². The van der Waals surface area contributed by atoms with Crippen LogP contribution >= 0.6 is 0 Å². The Morgan fingerprint density at radius 2 is 1.75 bits per heavy atom. The number of nitrogens with two attached hydrogens (primary N) is 1. The molecule has 6 N–H and O–H groups in total. The third kappa shape index (κ3) is 2.84. The van der Waals surface area contributed by atoms with E-state index in [4.69, 9.17) is 26.2 Å². The van der Waals surface area contributed by atoms with Crippen LogP contribution in [0.2, 0.25) is 0 Å². The van der Waals surface area contributed by atoms with Crippen molar-refractivity contribution in [3.05, 3.63) is 0 Å². The summed E-state index contributed by atoms with van der Waals surface area (Å²) in [5, 5.41) is 35.2. The molecule has 0 heterocycles. The van der Waals surface area contributed by atoms with Gasteiger partial charge in [-0.15, -0.1) is 0 Å². The number of aliphatic hydroxyl groups excluding tert-OH is 4. The predicted octanol–water partition coefficient (Wildman–Crippen LogP) is -3.41. The minimum atomic E-state index is -1.62. The monoisotopic (exact) mass is 179 g/mol. The normalized spacial score (nSPS) is 21.1. The molecule has 0 amide bonds. The lowest BCUT2D eigenvalue weighted by Gasteiger charge is -2.23. The van der Waals surface area contributed by atoms with Crippen LogP contribution in [0.25, 0.3) is 0 Å². The Kier molecular flexibility index (Phi) is 4.95. The van der Waals surface area contributed by atoms with Gasteiger partial charge < -0.3 is 31.0 Å². The van der Waals surface area contributed by atoms with Gasteiger partial charge in [-0.05, 0) is 0 Å². The fraction of sp³-hybridized carbons (Fsp3) is 0.833. The smallest absolute Gasteiger partial charge is 0.139 e. The van der Waals surface area contributed by atoms with Gasteiger partial charge in [0, 0.05) is 0 Å². The molecule has 6 nitrogen and oxygen atoms in total. The lowest BCUT2D eigenvalue weighted by atomic mass is 10.0. The molecule has 12 heavy (non-hydrogen) atoms. The standard InChI is InChI=1S/C6H13NO5/c7-3(1-8)5(11)6(12)4(10)2-9/h1,3-6,9-12H,2,7H2/t3-,4+,5?,6+/m1/s1. The first-order valence-electron chi connectivity index (χ1n) is 3.40. The molecule has 4 atom stereocenters. The molecule has 0 saturated heterocycles. The Hall–Kier alpha value is -0.530. The van der Waals surface area contributed by atoms with Gasteiger partial charge in [-0.3, -0.25) is 0 Å². The molecule has 0 aliphatic rings. The van der Waals surface area contributed by atoms with Crippen LogP contribution in [-0.2, 0) is 4.79 Å². The third-order valence-electron chi connectivity index (χ3n) is 1.48. The minimum absolute atomic E-state index is 0.248. The molecule has 0 bridgehead atoms. The molecule has 0 aliphatic heterocycles. The van der Waals surface area contributed by atoms with Crippen molar-refractivity contribution in [1.82, 2.24) is 0 Å². The molecule has 1 unspecified atom stereocenters. The highest BCUT2D eigenvalue weighted by Crippen LogP contribution is 2.01. The van der Waals surface area contributed by atoms with E-state index < -0.39 is 31.0 Å². The maximum atomic E-state index is 10.0. The molecule has 0 spiro atoms. The minimum Gasteiger partial charge on any atom is -0.394 e. The number of aliphatic hydroxyl groups is 4. The van der Waals surface area contributed by atoms with E-state index in [1.807, 2.05) is 0 Å². The molecule has 0 aliphatic carbocycles. The molecular formula is C6H13NO5. The van der Waals surface area contributed by atoms with Gasteiger partial charge in [0.2, 0.25) is 0 Å². The van der Waals surface area contributed by atoms with Gasteiger partial charge in [-0.2, -0.15) is 0 Å². The first kappa shape index (κ1) is 11.5. The van der Waals surface area contributed by atoms with Crippen LogP contribution in [0.3, 0.4) is 0 Å². The van der Waals surface area contributed by atoms with E-state index >= 15 is 0 Å². The largest absolute Gasteiger partial charge is 0.394 e. The average Bonchev–Trinajstić information content (AvgIpc) is 2.12. The van der Waals surface area contributed by atoms with Crippen LogP contribution in [-0.4, -0.2) is 57.7 Å². The summed E-state index contributed by atoms with van der Waals surface area (Å²) in [6.45, 7) is -0.705. The van der Waals surface area contributed by atoms with Gasteiger partial charge in [0.25, 0.3) is 0 Å². The highest BCUT2D eigenvalue weighted by molar-refractivity contribution is 5.58. The van der Waals surface area contributed by atoms with E-state index in [2.05, 4.69) is 0 Å². The summed E-state index contributed by atoms with van der Waals surface area (Å²) >= 11 is 0. The van der Waals surface area contributed by atoms with Gasteiger partial charge >= 0.3 is 0 Å². The summed E-state index contributed by atoms with van der Waals surface area (Å²) in [6.07, 6.45) is -4.43. The fourth-order valence-corrected chi connectivity index (χ4v) is 0.644. The van der Waals surface area contributed by atoms with Crippen molar-refractivity contribution in [2.24, 2.45) is 5.73 Å². The summed E-state index contributed by atoms with van der Waals surface area (Å²) < 4.78 is 0. The van der Waals surface area contributed by atoms with E-state index in [9.17, 15) is 4.79 Å². The Balaban J connectivity index is 4.07. The zero-order valence-electron chi connectivity index (χ0n) is 6.37. The maximum absolute atomic E-state index is 10.0. The van der Waals surface area contributed by atoms with Crippen molar-refractivity contribution in [1.29, 1.82) is 0 Å². The second-order valence-corrected chi connectivity index (χ2v) is 2.44. The van der Waals surface area contributed by atoms with E-state index in [0.717, 1.165) is 0 Å². The van der Waals surface area contributed by atoms with Crippen molar-refractivity contribution in [2.75, 3.05) is 6.61 Å². The zero-order chi connectivity index (χ0) is 9.72. The van der Waals surface area contributed by atoms with Crippen LogP contribution in [0, 0.1) is 0 Å². The van der Waals surface area contributed by atoms with E-state index in [1.54, 1.807) is 0 Å². The molecule has 6 heteroatoms.